The fourth-order valence-corrected chi connectivity index (χ4v) is 3.06. The van der Waals surface area contributed by atoms with Crippen LogP contribution in [0.5, 0.6) is 5.75 Å². The van der Waals surface area contributed by atoms with Crippen LogP contribution in [-0.2, 0) is 11.2 Å². The van der Waals surface area contributed by atoms with Crippen molar-refractivity contribution in [3.05, 3.63) is 52.2 Å². The zero-order valence-corrected chi connectivity index (χ0v) is 15.2. The van der Waals surface area contributed by atoms with E-state index in [0.717, 1.165) is 6.42 Å². The first-order valence-corrected chi connectivity index (χ1v) is 9.37. The van der Waals surface area contributed by atoms with Gasteiger partial charge in [0.15, 0.2) is 0 Å². The molecule has 0 atom stereocenters. The number of hydrogen-bond acceptors (Lipinski definition) is 4. The van der Waals surface area contributed by atoms with Crippen LogP contribution in [0.4, 0.5) is 0 Å². The number of carbonyl (C=O) groups excluding carboxylic acids is 2. The van der Waals surface area contributed by atoms with E-state index in [4.69, 9.17) is 4.74 Å². The number of amides is 2. The molecule has 0 saturated heterocycles. The number of hydrogen-bond donors (Lipinski definition) is 2. The van der Waals surface area contributed by atoms with Crippen LogP contribution in [0.2, 0.25) is 0 Å². The average Bonchev–Trinajstić information content (AvgIpc) is 3.13. The van der Waals surface area contributed by atoms with Gasteiger partial charge in [-0.25, -0.2) is 0 Å². The minimum absolute atomic E-state index is 0.0144. The van der Waals surface area contributed by atoms with Crippen molar-refractivity contribution in [2.45, 2.75) is 26.2 Å². The second kappa shape index (κ2) is 10.5. The van der Waals surface area contributed by atoms with Crippen LogP contribution in [0.1, 0.15) is 35.0 Å². The summed E-state index contributed by atoms with van der Waals surface area (Å²) in [6.07, 6.45) is 1.86. The molecule has 0 fully saturated rings. The predicted octanol–water partition coefficient (Wildman–Crippen LogP) is 3.02. The highest BCUT2D eigenvalue weighted by Crippen LogP contribution is 2.17. The lowest BCUT2D eigenvalue weighted by Crippen LogP contribution is -2.28. The van der Waals surface area contributed by atoms with Crippen LogP contribution >= 0.6 is 11.3 Å². The molecule has 0 bridgehead atoms. The molecule has 2 rings (SSSR count). The van der Waals surface area contributed by atoms with Gasteiger partial charge in [0.2, 0.25) is 5.91 Å². The molecule has 5 nitrogen and oxygen atoms in total. The van der Waals surface area contributed by atoms with Gasteiger partial charge < -0.3 is 15.4 Å². The molecule has 0 aliphatic carbocycles. The molecule has 25 heavy (non-hydrogen) atoms. The monoisotopic (exact) mass is 360 g/mol. The van der Waals surface area contributed by atoms with E-state index >= 15 is 0 Å². The predicted molar refractivity (Wildman–Crippen MR) is 100 cm³/mol. The van der Waals surface area contributed by atoms with E-state index in [1.54, 1.807) is 29.5 Å². The third-order valence-electron chi connectivity index (χ3n) is 3.57. The zero-order chi connectivity index (χ0) is 17.9. The third kappa shape index (κ3) is 6.58. The molecule has 1 aromatic heterocycles. The summed E-state index contributed by atoms with van der Waals surface area (Å²) in [4.78, 5) is 25.2. The number of carbonyl (C=O) groups is 2. The first-order chi connectivity index (χ1) is 12.2. The Kier molecular flexibility index (Phi) is 7.98. The summed E-state index contributed by atoms with van der Waals surface area (Å²) >= 11 is 1.69. The standard InChI is InChI=1S/C19H24N2O3S/c1-2-24-17-9-4-3-8-16(17)19(23)21-12-5-10-18(22)20-13-11-15-7-6-14-25-15/h3-4,6-9,14H,2,5,10-13H2,1H3,(H,20,22)(H,21,23). The summed E-state index contributed by atoms with van der Waals surface area (Å²) in [5, 5.41) is 7.77. The number of nitrogens with one attached hydrogen (secondary N) is 2. The highest BCUT2D eigenvalue weighted by molar-refractivity contribution is 7.09. The van der Waals surface area contributed by atoms with Gasteiger partial charge in [-0.1, -0.05) is 18.2 Å². The maximum atomic E-state index is 12.2. The SMILES string of the molecule is CCOc1ccccc1C(=O)NCCCC(=O)NCCc1cccs1. The van der Waals surface area contributed by atoms with Gasteiger partial charge in [0.25, 0.3) is 5.91 Å². The summed E-state index contributed by atoms with van der Waals surface area (Å²) in [6.45, 7) is 3.49. The lowest BCUT2D eigenvalue weighted by Gasteiger charge is -2.10. The molecule has 2 N–H and O–H groups in total. The van der Waals surface area contributed by atoms with E-state index in [2.05, 4.69) is 16.7 Å². The molecule has 2 amide bonds. The fraction of sp³-hybridized carbons (Fsp3) is 0.368. The van der Waals surface area contributed by atoms with Gasteiger partial charge in [-0.2, -0.15) is 0 Å². The quantitative estimate of drug-likeness (QED) is 0.640. The maximum Gasteiger partial charge on any atom is 0.255 e. The van der Waals surface area contributed by atoms with E-state index in [0.29, 0.717) is 43.9 Å². The number of ether oxygens (including phenoxy) is 1. The largest absolute Gasteiger partial charge is 0.493 e. The van der Waals surface area contributed by atoms with E-state index < -0.39 is 0 Å². The van der Waals surface area contributed by atoms with Crippen molar-refractivity contribution < 1.29 is 14.3 Å². The number of rotatable bonds is 10. The molecule has 2 aromatic rings. The molecule has 0 aliphatic heterocycles. The van der Waals surface area contributed by atoms with Crippen molar-refractivity contribution in [3.8, 4) is 5.75 Å². The first kappa shape index (κ1) is 19.0. The van der Waals surface area contributed by atoms with Gasteiger partial charge in [0.1, 0.15) is 5.75 Å². The van der Waals surface area contributed by atoms with Gasteiger partial charge in [-0.3, -0.25) is 9.59 Å². The van der Waals surface area contributed by atoms with Crippen molar-refractivity contribution >= 4 is 23.2 Å². The molecule has 0 spiro atoms. The molecule has 1 aromatic carbocycles. The Morgan fingerprint density at radius 3 is 2.68 bits per heavy atom. The number of thiophene rings is 1. The normalized spacial score (nSPS) is 10.3. The second-order valence-electron chi connectivity index (χ2n) is 5.47. The van der Waals surface area contributed by atoms with Crippen molar-refractivity contribution in [3.63, 3.8) is 0 Å². The maximum absolute atomic E-state index is 12.2. The smallest absolute Gasteiger partial charge is 0.255 e. The van der Waals surface area contributed by atoms with Gasteiger partial charge in [-0.05, 0) is 43.3 Å². The Balaban J connectivity index is 1.63. The van der Waals surface area contributed by atoms with Crippen LogP contribution in [0.3, 0.4) is 0 Å². The molecule has 0 aliphatic rings. The van der Waals surface area contributed by atoms with E-state index in [1.165, 1.54) is 4.88 Å². The lowest BCUT2D eigenvalue weighted by molar-refractivity contribution is -0.121. The van der Waals surface area contributed by atoms with E-state index in [9.17, 15) is 9.59 Å². The summed E-state index contributed by atoms with van der Waals surface area (Å²) in [6, 6.07) is 11.2. The second-order valence-corrected chi connectivity index (χ2v) is 6.50. The molecular formula is C19H24N2O3S. The van der Waals surface area contributed by atoms with Crippen LogP contribution in [0.25, 0.3) is 0 Å². The Bertz CT molecular complexity index is 671. The summed E-state index contributed by atoms with van der Waals surface area (Å²) in [7, 11) is 0. The average molecular weight is 360 g/mol. The van der Waals surface area contributed by atoms with Gasteiger partial charge >= 0.3 is 0 Å². The molecule has 0 saturated carbocycles. The Hall–Kier alpha value is -2.34. The van der Waals surface area contributed by atoms with Gasteiger partial charge in [0.05, 0.1) is 12.2 Å². The minimum atomic E-state index is -0.179. The van der Waals surface area contributed by atoms with E-state index in [-0.39, 0.29) is 11.8 Å². The van der Waals surface area contributed by atoms with Crippen LogP contribution in [-0.4, -0.2) is 31.5 Å². The molecule has 6 heteroatoms. The van der Waals surface area contributed by atoms with Crippen LogP contribution < -0.4 is 15.4 Å². The molecule has 134 valence electrons. The highest BCUT2D eigenvalue weighted by Gasteiger charge is 2.11. The lowest BCUT2D eigenvalue weighted by atomic mass is 10.2. The highest BCUT2D eigenvalue weighted by atomic mass is 32.1. The van der Waals surface area contributed by atoms with Crippen molar-refractivity contribution in [1.82, 2.24) is 10.6 Å². The van der Waals surface area contributed by atoms with Crippen molar-refractivity contribution in [2.75, 3.05) is 19.7 Å². The zero-order valence-electron chi connectivity index (χ0n) is 14.4. The summed E-state index contributed by atoms with van der Waals surface area (Å²) in [5.41, 5.74) is 0.518. The Morgan fingerprint density at radius 2 is 1.92 bits per heavy atom. The summed E-state index contributed by atoms with van der Waals surface area (Å²) < 4.78 is 5.45. The first-order valence-electron chi connectivity index (χ1n) is 8.49. The third-order valence-corrected chi connectivity index (χ3v) is 4.51. The molecule has 0 radical (unpaired) electrons. The number of benzene rings is 1. The topological polar surface area (TPSA) is 67.4 Å². The Morgan fingerprint density at radius 1 is 1.08 bits per heavy atom. The molecular weight excluding hydrogens is 336 g/mol. The van der Waals surface area contributed by atoms with Gasteiger partial charge in [-0.15, -0.1) is 11.3 Å². The number of para-hydroxylation sites is 1. The van der Waals surface area contributed by atoms with Crippen molar-refractivity contribution in [1.29, 1.82) is 0 Å². The molecule has 1 heterocycles. The summed E-state index contributed by atoms with van der Waals surface area (Å²) in [5.74, 6) is 0.413. The van der Waals surface area contributed by atoms with Gasteiger partial charge in [0, 0.05) is 24.4 Å². The van der Waals surface area contributed by atoms with Crippen LogP contribution in [0.15, 0.2) is 41.8 Å². The Labute approximate surface area is 152 Å². The minimum Gasteiger partial charge on any atom is -0.493 e. The fourth-order valence-electron chi connectivity index (χ4n) is 2.35. The van der Waals surface area contributed by atoms with E-state index in [1.807, 2.05) is 24.4 Å². The molecule has 0 unspecified atom stereocenters. The van der Waals surface area contributed by atoms with Crippen molar-refractivity contribution in [2.24, 2.45) is 0 Å². The van der Waals surface area contributed by atoms with Crippen LogP contribution in [0, 0.1) is 0 Å².